The Morgan fingerprint density at radius 2 is 1.41 bits per heavy atom. The third-order valence-corrected chi connectivity index (χ3v) is 2.51. The van der Waals surface area contributed by atoms with Crippen LogP contribution in [-0.4, -0.2) is 24.5 Å². The van der Waals surface area contributed by atoms with Crippen LogP contribution >= 0.6 is 0 Å². The van der Waals surface area contributed by atoms with Crippen molar-refractivity contribution < 1.29 is 4.79 Å². The van der Waals surface area contributed by atoms with Gasteiger partial charge >= 0.3 is 0 Å². The lowest BCUT2D eigenvalue weighted by Gasteiger charge is -2.22. The van der Waals surface area contributed by atoms with E-state index in [0.29, 0.717) is 24.4 Å². The number of rotatable bonds is 8. The minimum atomic E-state index is 0.0949. The van der Waals surface area contributed by atoms with E-state index in [0.717, 1.165) is 12.8 Å². The molecule has 0 aromatic rings. The molecule has 17 heavy (non-hydrogen) atoms. The summed E-state index contributed by atoms with van der Waals surface area (Å²) in [6.07, 6.45) is 2.26. The highest BCUT2D eigenvalue weighted by Gasteiger charge is 2.14. The fourth-order valence-corrected chi connectivity index (χ4v) is 2.01. The Bertz CT molecular complexity index is 202. The molecule has 0 rings (SSSR count). The van der Waals surface area contributed by atoms with Crippen LogP contribution in [0.5, 0.6) is 0 Å². The van der Waals surface area contributed by atoms with E-state index < -0.39 is 0 Å². The molecule has 2 N–H and O–H groups in total. The zero-order valence-corrected chi connectivity index (χ0v) is 12.3. The molecule has 0 unspecified atom stereocenters. The van der Waals surface area contributed by atoms with E-state index in [-0.39, 0.29) is 11.9 Å². The normalized spacial score (nSPS) is 11.9. The molecule has 0 aromatic carbocycles. The van der Waals surface area contributed by atoms with Gasteiger partial charge < -0.3 is 10.6 Å². The fraction of sp³-hybridized carbons (Fsp3) is 0.929. The average molecular weight is 242 g/mol. The van der Waals surface area contributed by atoms with Crippen LogP contribution < -0.4 is 10.6 Å². The Hall–Kier alpha value is -0.570. The van der Waals surface area contributed by atoms with Crippen LogP contribution in [0.15, 0.2) is 0 Å². The van der Waals surface area contributed by atoms with Gasteiger partial charge in [-0.05, 0) is 38.5 Å². The summed E-state index contributed by atoms with van der Waals surface area (Å²) in [7, 11) is 0. The summed E-state index contributed by atoms with van der Waals surface area (Å²) < 4.78 is 0. The Balaban J connectivity index is 4.01. The van der Waals surface area contributed by atoms with Crippen molar-refractivity contribution in [2.24, 2.45) is 11.8 Å². The van der Waals surface area contributed by atoms with Crippen LogP contribution in [0.2, 0.25) is 0 Å². The second-order valence-electron chi connectivity index (χ2n) is 6.06. The summed E-state index contributed by atoms with van der Waals surface area (Å²) in [6, 6.07) is 0.672. The zero-order chi connectivity index (χ0) is 13.4. The van der Waals surface area contributed by atoms with E-state index in [1.165, 1.54) is 0 Å². The molecule has 0 fully saturated rings. The van der Waals surface area contributed by atoms with E-state index in [9.17, 15) is 4.79 Å². The summed E-state index contributed by atoms with van der Waals surface area (Å²) in [5.41, 5.74) is 0. The Kier molecular flexibility index (Phi) is 8.23. The number of hydrogen-bond acceptors (Lipinski definition) is 2. The second-order valence-corrected chi connectivity index (χ2v) is 6.06. The molecule has 0 aliphatic heterocycles. The number of amides is 1. The third-order valence-electron chi connectivity index (χ3n) is 2.51. The summed E-state index contributed by atoms with van der Waals surface area (Å²) in [6.45, 7) is 13.3. The first-order chi connectivity index (χ1) is 7.81. The summed E-state index contributed by atoms with van der Waals surface area (Å²) >= 11 is 0. The van der Waals surface area contributed by atoms with Gasteiger partial charge in [-0.15, -0.1) is 0 Å². The first-order valence-corrected chi connectivity index (χ1v) is 6.84. The second kappa shape index (κ2) is 8.51. The van der Waals surface area contributed by atoms with E-state index in [4.69, 9.17) is 0 Å². The predicted molar refractivity (Wildman–Crippen MR) is 74.0 cm³/mol. The van der Waals surface area contributed by atoms with Gasteiger partial charge in [0.05, 0.1) is 6.54 Å². The molecule has 0 saturated heterocycles. The minimum Gasteiger partial charge on any atom is -0.353 e. The van der Waals surface area contributed by atoms with Gasteiger partial charge in [-0.1, -0.05) is 27.7 Å². The van der Waals surface area contributed by atoms with Gasteiger partial charge in [0.25, 0.3) is 0 Å². The molecule has 0 aliphatic rings. The van der Waals surface area contributed by atoms with E-state index in [1.54, 1.807) is 0 Å². The number of nitrogens with one attached hydrogen (secondary N) is 2. The summed E-state index contributed by atoms with van der Waals surface area (Å²) in [4.78, 5) is 11.6. The minimum absolute atomic E-state index is 0.0949. The lowest BCUT2D eigenvalue weighted by atomic mass is 9.95. The van der Waals surface area contributed by atoms with Crippen molar-refractivity contribution in [2.45, 2.75) is 66.5 Å². The predicted octanol–water partition coefficient (Wildman–Crippen LogP) is 2.56. The maximum absolute atomic E-state index is 11.6. The van der Waals surface area contributed by atoms with Crippen molar-refractivity contribution >= 4 is 5.91 Å². The number of carbonyl (C=O) groups is 1. The summed E-state index contributed by atoms with van der Waals surface area (Å²) in [5, 5.41) is 6.28. The van der Waals surface area contributed by atoms with Crippen LogP contribution in [0.4, 0.5) is 0 Å². The monoisotopic (exact) mass is 242 g/mol. The highest BCUT2D eigenvalue weighted by Crippen LogP contribution is 2.12. The quantitative estimate of drug-likeness (QED) is 0.687. The fourth-order valence-electron chi connectivity index (χ4n) is 2.01. The highest BCUT2D eigenvalue weighted by molar-refractivity contribution is 5.78. The van der Waals surface area contributed by atoms with Gasteiger partial charge in [0.15, 0.2) is 0 Å². The van der Waals surface area contributed by atoms with E-state index in [1.807, 2.05) is 13.8 Å². The molecule has 0 aliphatic carbocycles. The largest absolute Gasteiger partial charge is 0.353 e. The maximum Gasteiger partial charge on any atom is 0.234 e. The molecular weight excluding hydrogens is 212 g/mol. The van der Waals surface area contributed by atoms with Crippen LogP contribution in [0, 0.1) is 11.8 Å². The first-order valence-electron chi connectivity index (χ1n) is 6.84. The molecule has 0 spiro atoms. The van der Waals surface area contributed by atoms with E-state index in [2.05, 4.69) is 38.3 Å². The molecule has 0 bridgehead atoms. The molecule has 3 heteroatoms. The van der Waals surface area contributed by atoms with Crippen LogP contribution in [0.3, 0.4) is 0 Å². The third kappa shape index (κ3) is 10.3. The topological polar surface area (TPSA) is 41.1 Å². The molecular formula is C14H30N2O. The van der Waals surface area contributed by atoms with Crippen molar-refractivity contribution in [3.05, 3.63) is 0 Å². The van der Waals surface area contributed by atoms with Gasteiger partial charge in [0, 0.05) is 12.1 Å². The van der Waals surface area contributed by atoms with Gasteiger partial charge in [-0.3, -0.25) is 4.79 Å². The summed E-state index contributed by atoms with van der Waals surface area (Å²) in [5.74, 6) is 1.43. The van der Waals surface area contributed by atoms with Crippen molar-refractivity contribution in [2.75, 3.05) is 6.54 Å². The van der Waals surface area contributed by atoms with Crippen molar-refractivity contribution in [3.8, 4) is 0 Å². The molecule has 0 saturated carbocycles. The van der Waals surface area contributed by atoms with Crippen molar-refractivity contribution in [1.29, 1.82) is 0 Å². The van der Waals surface area contributed by atoms with Gasteiger partial charge in [0.2, 0.25) is 5.91 Å². The van der Waals surface area contributed by atoms with E-state index >= 15 is 0 Å². The molecule has 0 atom stereocenters. The van der Waals surface area contributed by atoms with Crippen LogP contribution in [0.25, 0.3) is 0 Å². The Morgan fingerprint density at radius 3 is 1.76 bits per heavy atom. The zero-order valence-electron chi connectivity index (χ0n) is 12.3. The molecule has 0 radical (unpaired) electrons. The number of carbonyl (C=O) groups excluding carboxylic acids is 1. The van der Waals surface area contributed by atoms with Crippen LogP contribution in [0.1, 0.15) is 54.4 Å². The van der Waals surface area contributed by atoms with Crippen LogP contribution in [-0.2, 0) is 4.79 Å². The number of hydrogen-bond donors (Lipinski definition) is 2. The molecule has 1 amide bonds. The molecule has 0 aromatic heterocycles. The molecule has 0 heterocycles. The Labute approximate surface area is 107 Å². The van der Waals surface area contributed by atoms with Gasteiger partial charge in [-0.25, -0.2) is 0 Å². The molecule has 3 nitrogen and oxygen atoms in total. The van der Waals surface area contributed by atoms with Gasteiger partial charge in [-0.2, -0.15) is 0 Å². The Morgan fingerprint density at radius 1 is 0.941 bits per heavy atom. The van der Waals surface area contributed by atoms with Crippen molar-refractivity contribution in [3.63, 3.8) is 0 Å². The lowest BCUT2D eigenvalue weighted by molar-refractivity contribution is -0.120. The van der Waals surface area contributed by atoms with Gasteiger partial charge in [0.1, 0.15) is 0 Å². The lowest BCUT2D eigenvalue weighted by Crippen LogP contribution is -2.42. The highest BCUT2D eigenvalue weighted by atomic mass is 16.1. The standard InChI is InChI=1S/C14H30N2O/c1-10(2)7-13(8-11(3)4)15-9-14(17)16-12(5)6/h10-13,15H,7-9H2,1-6H3,(H,16,17). The smallest absolute Gasteiger partial charge is 0.234 e. The maximum atomic E-state index is 11.6. The van der Waals surface area contributed by atoms with Crippen molar-refractivity contribution in [1.82, 2.24) is 10.6 Å². The SMILES string of the molecule is CC(C)CC(CC(C)C)NCC(=O)NC(C)C. The average Bonchev–Trinajstić information content (AvgIpc) is 2.11. The molecule has 102 valence electrons. The first kappa shape index (κ1) is 16.4.